The van der Waals surface area contributed by atoms with Crippen LogP contribution in [-0.2, 0) is 4.79 Å². The normalized spacial score (nSPS) is 15.7. The van der Waals surface area contributed by atoms with Crippen molar-refractivity contribution >= 4 is 11.8 Å². The van der Waals surface area contributed by atoms with E-state index in [1.54, 1.807) is 22.8 Å². The quantitative estimate of drug-likeness (QED) is 0.886. The van der Waals surface area contributed by atoms with E-state index in [4.69, 9.17) is 4.74 Å². The fourth-order valence-electron chi connectivity index (χ4n) is 3.11. The summed E-state index contributed by atoms with van der Waals surface area (Å²) < 4.78 is 5.71. The Labute approximate surface area is 157 Å². The van der Waals surface area contributed by atoms with Crippen LogP contribution in [0.3, 0.4) is 0 Å². The van der Waals surface area contributed by atoms with E-state index in [0.29, 0.717) is 38.3 Å². The van der Waals surface area contributed by atoms with E-state index < -0.39 is 11.7 Å². The van der Waals surface area contributed by atoms with Crippen LogP contribution in [0.15, 0.2) is 53.5 Å². The molecular weight excluding hydrogens is 346 g/mol. The zero-order chi connectivity index (χ0) is 19.2. The van der Waals surface area contributed by atoms with E-state index in [2.05, 4.69) is 4.98 Å². The molecule has 7 heteroatoms. The number of hydrogen-bond acceptors (Lipinski definition) is 4. The third-order valence-electron chi connectivity index (χ3n) is 4.55. The summed E-state index contributed by atoms with van der Waals surface area (Å²) in [5.74, 6) is 0.235. The van der Waals surface area contributed by atoms with Gasteiger partial charge in [0, 0.05) is 32.4 Å². The van der Waals surface area contributed by atoms with Gasteiger partial charge in [-0.25, -0.2) is 0 Å². The summed E-state index contributed by atoms with van der Waals surface area (Å²) in [6.45, 7) is 3.59. The van der Waals surface area contributed by atoms with Gasteiger partial charge in [-0.1, -0.05) is 18.2 Å². The number of carbonyl (C=O) groups is 2. The maximum atomic E-state index is 12.7. The summed E-state index contributed by atoms with van der Waals surface area (Å²) in [6.07, 6.45) is 1.54. The molecule has 1 aliphatic rings. The van der Waals surface area contributed by atoms with Gasteiger partial charge in [0.1, 0.15) is 11.3 Å². The van der Waals surface area contributed by atoms with Crippen molar-refractivity contribution in [3.8, 4) is 5.75 Å². The highest BCUT2D eigenvalue weighted by atomic mass is 16.5. The first-order chi connectivity index (χ1) is 13.1. The molecule has 2 aromatic rings. The number of nitrogens with zero attached hydrogens (tertiary/aromatic N) is 2. The topological polar surface area (TPSA) is 82.7 Å². The molecule has 0 bridgehead atoms. The van der Waals surface area contributed by atoms with E-state index in [1.807, 2.05) is 30.3 Å². The molecule has 0 spiro atoms. The fraction of sp³-hybridized carbons (Fsp3) is 0.350. The van der Waals surface area contributed by atoms with Crippen LogP contribution in [-0.4, -0.2) is 58.9 Å². The number of pyridine rings is 1. The van der Waals surface area contributed by atoms with Crippen molar-refractivity contribution in [3.05, 3.63) is 64.6 Å². The van der Waals surface area contributed by atoms with E-state index in [-0.39, 0.29) is 17.4 Å². The Morgan fingerprint density at radius 3 is 2.44 bits per heavy atom. The molecule has 142 valence electrons. The van der Waals surface area contributed by atoms with Crippen LogP contribution in [0.4, 0.5) is 0 Å². The van der Waals surface area contributed by atoms with Crippen molar-refractivity contribution in [3.63, 3.8) is 0 Å². The molecule has 1 unspecified atom stereocenters. The van der Waals surface area contributed by atoms with Gasteiger partial charge in [-0.15, -0.1) is 0 Å². The predicted octanol–water partition coefficient (Wildman–Crippen LogP) is 1.52. The van der Waals surface area contributed by atoms with Crippen molar-refractivity contribution in [2.75, 3.05) is 26.2 Å². The number of para-hydroxylation sites is 1. The highest BCUT2D eigenvalue weighted by Crippen LogP contribution is 2.14. The molecule has 1 aliphatic heterocycles. The van der Waals surface area contributed by atoms with Gasteiger partial charge < -0.3 is 19.5 Å². The lowest BCUT2D eigenvalue weighted by Crippen LogP contribution is -2.43. The van der Waals surface area contributed by atoms with Gasteiger partial charge in [-0.3, -0.25) is 14.4 Å². The molecule has 1 aromatic carbocycles. The minimum Gasteiger partial charge on any atom is -0.481 e. The average molecular weight is 369 g/mol. The Bertz CT molecular complexity index is 850. The van der Waals surface area contributed by atoms with Gasteiger partial charge in [0.25, 0.3) is 17.4 Å². The van der Waals surface area contributed by atoms with Crippen LogP contribution >= 0.6 is 0 Å². The summed E-state index contributed by atoms with van der Waals surface area (Å²) in [5.41, 5.74) is -0.275. The second kappa shape index (κ2) is 8.53. The molecule has 3 rings (SSSR count). The average Bonchev–Trinajstić information content (AvgIpc) is 2.94. The minimum atomic E-state index is -0.605. The molecular formula is C20H23N3O4. The maximum absolute atomic E-state index is 12.7. The third kappa shape index (κ3) is 4.55. The van der Waals surface area contributed by atoms with Crippen molar-refractivity contribution in [2.45, 2.75) is 19.4 Å². The van der Waals surface area contributed by atoms with Crippen molar-refractivity contribution in [2.24, 2.45) is 0 Å². The summed E-state index contributed by atoms with van der Waals surface area (Å²) in [4.78, 5) is 43.0. The Kier molecular flexibility index (Phi) is 5.90. The Morgan fingerprint density at radius 2 is 1.70 bits per heavy atom. The summed E-state index contributed by atoms with van der Waals surface area (Å²) in [6, 6.07) is 12.4. The SMILES string of the molecule is CC(Oc1ccccc1)C(=O)N1CCCN(C(=O)c2ccc[nH]c2=O)CC1. The van der Waals surface area contributed by atoms with Gasteiger partial charge in [-0.2, -0.15) is 0 Å². The van der Waals surface area contributed by atoms with Crippen molar-refractivity contribution in [1.82, 2.24) is 14.8 Å². The molecule has 0 saturated carbocycles. The lowest BCUT2D eigenvalue weighted by molar-refractivity contribution is -0.137. The number of nitrogens with one attached hydrogen (secondary N) is 1. The largest absolute Gasteiger partial charge is 0.481 e. The highest BCUT2D eigenvalue weighted by Gasteiger charge is 2.27. The van der Waals surface area contributed by atoms with E-state index >= 15 is 0 Å². The fourth-order valence-corrected chi connectivity index (χ4v) is 3.11. The molecule has 1 aromatic heterocycles. The van der Waals surface area contributed by atoms with Crippen LogP contribution in [0.1, 0.15) is 23.7 Å². The third-order valence-corrected chi connectivity index (χ3v) is 4.55. The van der Waals surface area contributed by atoms with Gasteiger partial charge in [0.15, 0.2) is 6.10 Å². The van der Waals surface area contributed by atoms with Crippen molar-refractivity contribution < 1.29 is 14.3 Å². The van der Waals surface area contributed by atoms with E-state index in [1.165, 1.54) is 12.3 Å². The van der Waals surface area contributed by atoms with E-state index in [9.17, 15) is 14.4 Å². The summed E-state index contributed by atoms with van der Waals surface area (Å²) in [5, 5.41) is 0. The molecule has 27 heavy (non-hydrogen) atoms. The van der Waals surface area contributed by atoms with Gasteiger partial charge in [-0.05, 0) is 37.6 Å². The monoisotopic (exact) mass is 369 g/mol. The number of H-pyrrole nitrogens is 1. The molecule has 2 heterocycles. The Balaban J connectivity index is 1.61. The standard InChI is InChI=1S/C20H23N3O4/c1-15(27-16-7-3-2-4-8-16)19(25)22-11-6-12-23(14-13-22)20(26)17-9-5-10-21-18(17)24/h2-5,7-10,15H,6,11-14H2,1H3,(H,21,24). The van der Waals surface area contributed by atoms with Gasteiger partial charge in [0.05, 0.1) is 0 Å². The molecule has 0 aliphatic carbocycles. The second-order valence-corrected chi connectivity index (χ2v) is 6.46. The number of rotatable bonds is 4. The molecule has 1 saturated heterocycles. The maximum Gasteiger partial charge on any atom is 0.263 e. The Hall–Kier alpha value is -3.09. The lowest BCUT2D eigenvalue weighted by Gasteiger charge is -2.25. The molecule has 1 fully saturated rings. The molecule has 1 atom stereocenters. The molecule has 2 amide bonds. The summed E-state index contributed by atoms with van der Waals surface area (Å²) in [7, 11) is 0. The minimum absolute atomic E-state index is 0.106. The van der Waals surface area contributed by atoms with Crippen LogP contribution in [0, 0.1) is 0 Å². The number of benzene rings is 1. The lowest BCUT2D eigenvalue weighted by atomic mass is 10.2. The number of aromatic nitrogens is 1. The molecule has 0 radical (unpaired) electrons. The van der Waals surface area contributed by atoms with Gasteiger partial charge >= 0.3 is 0 Å². The van der Waals surface area contributed by atoms with Crippen LogP contribution in [0.5, 0.6) is 5.75 Å². The predicted molar refractivity (Wildman–Crippen MR) is 101 cm³/mol. The van der Waals surface area contributed by atoms with Crippen LogP contribution in [0.25, 0.3) is 0 Å². The Morgan fingerprint density at radius 1 is 1.00 bits per heavy atom. The second-order valence-electron chi connectivity index (χ2n) is 6.46. The number of hydrogen-bond donors (Lipinski definition) is 1. The number of ether oxygens (including phenoxy) is 1. The van der Waals surface area contributed by atoms with Crippen molar-refractivity contribution in [1.29, 1.82) is 0 Å². The van der Waals surface area contributed by atoms with Gasteiger partial charge in [0.2, 0.25) is 0 Å². The zero-order valence-electron chi connectivity index (χ0n) is 15.3. The molecule has 7 nitrogen and oxygen atoms in total. The zero-order valence-corrected chi connectivity index (χ0v) is 15.3. The molecule has 1 N–H and O–H groups in total. The summed E-state index contributed by atoms with van der Waals surface area (Å²) >= 11 is 0. The highest BCUT2D eigenvalue weighted by molar-refractivity contribution is 5.93. The first kappa shape index (κ1) is 18.7. The smallest absolute Gasteiger partial charge is 0.263 e. The number of aromatic amines is 1. The first-order valence-electron chi connectivity index (χ1n) is 9.04. The van der Waals surface area contributed by atoms with Crippen LogP contribution < -0.4 is 10.3 Å². The number of amides is 2. The van der Waals surface area contributed by atoms with E-state index in [0.717, 1.165) is 0 Å². The van der Waals surface area contributed by atoms with Crippen LogP contribution in [0.2, 0.25) is 0 Å². The first-order valence-corrected chi connectivity index (χ1v) is 9.04. The number of carbonyl (C=O) groups excluding carboxylic acids is 2.